The molecule has 1 fully saturated rings. The number of rotatable bonds is 32. The summed E-state index contributed by atoms with van der Waals surface area (Å²) in [5.41, 5.74) is 5.70. The molecule has 23 heteroatoms. The first-order valence-corrected chi connectivity index (χ1v) is 28.4. The Kier molecular flexibility index (Phi) is 26.9. The average molecular weight is 1140 g/mol. The molecule has 22 nitrogen and oxygen atoms in total. The maximum absolute atomic E-state index is 14.9. The number of carboxylic acid groups (broad SMARTS) is 1. The van der Waals surface area contributed by atoms with E-state index in [4.69, 9.17) is 21.7 Å². The second kappa shape index (κ2) is 32.9. The summed E-state index contributed by atoms with van der Waals surface area (Å²) in [4.78, 5) is 132. The van der Waals surface area contributed by atoms with E-state index in [1.165, 1.54) is 25.8 Å². The van der Waals surface area contributed by atoms with E-state index in [1.807, 2.05) is 34.7 Å². The smallest absolute Gasteiger partial charge is 0.309 e. The number of hydrogen-bond donors (Lipinski definition) is 8. The standard InChI is InChI=1S/C58H82N10O12S/c1-10-12-18-27-79-68(56(76)51(37(5)11-2)54(75)66-47-21-16-17-26-67(47)9)44(36(3)4)30-45(80-38(6)69)55-65-46(35-81-55)64-52(73)41(31-58(7,8)57(77)78)28-40-22-24-42(25-23-40)62-49(71)34-61-53(74)43(29-39-19-14-13-15-20-39)63-50(72)33-60-48(70)32-59/h1,13-15,19-20,22-25,35-37,41,43-45,47,51H,11-12,16-18,21,26-34,59H2,2-9H3,(H,60,70)(H,61,74)(H,62,71)(H,63,72)(H,64,73)(H,66,75)(H,77,78)/t37-,41-,43-,44+,45+,47+,51-/m0/s1. The predicted octanol–water partition coefficient (Wildman–Crippen LogP) is 4.71. The number of nitrogens with zero attached hydrogens (tertiary/aromatic N) is 3. The number of terminal acetylenes is 1. The largest absolute Gasteiger partial charge is 0.481 e. The third-order valence-corrected chi connectivity index (χ3v) is 15.0. The van der Waals surface area contributed by atoms with Crippen LogP contribution in [0.3, 0.4) is 0 Å². The van der Waals surface area contributed by atoms with Crippen molar-refractivity contribution in [1.29, 1.82) is 0 Å². The van der Waals surface area contributed by atoms with E-state index in [-0.39, 0.29) is 62.7 Å². The number of carbonyl (C=O) groups is 9. The third kappa shape index (κ3) is 21.6. The summed E-state index contributed by atoms with van der Waals surface area (Å²) in [7, 11) is 1.94. The molecule has 7 atom stereocenters. The molecule has 81 heavy (non-hydrogen) atoms. The molecule has 0 spiro atoms. The molecule has 1 aromatic heterocycles. The van der Waals surface area contributed by atoms with Gasteiger partial charge in [0.2, 0.25) is 35.4 Å². The Balaban J connectivity index is 1.51. The molecule has 1 saturated heterocycles. The molecule has 4 rings (SSSR count). The zero-order chi connectivity index (χ0) is 59.8. The molecule has 0 bridgehead atoms. The van der Waals surface area contributed by atoms with Crippen LogP contribution in [-0.2, 0) is 65.6 Å². The van der Waals surface area contributed by atoms with Crippen molar-refractivity contribution in [2.75, 3.05) is 50.5 Å². The highest BCUT2D eigenvalue weighted by atomic mass is 32.1. The van der Waals surface area contributed by atoms with Crippen molar-refractivity contribution in [1.82, 2.24) is 36.2 Å². The molecular formula is C58H82N10O12S. The van der Waals surface area contributed by atoms with Crippen LogP contribution in [0.4, 0.5) is 11.5 Å². The van der Waals surface area contributed by atoms with Crippen LogP contribution in [0.25, 0.3) is 0 Å². The second-order valence-corrected chi connectivity index (χ2v) is 22.3. The zero-order valence-electron chi connectivity index (χ0n) is 47.8. The summed E-state index contributed by atoms with van der Waals surface area (Å²) in [6.45, 7) is 11.6. The highest BCUT2D eigenvalue weighted by molar-refractivity contribution is 7.10. The quantitative estimate of drug-likeness (QED) is 0.0138. The highest BCUT2D eigenvalue weighted by Crippen LogP contribution is 2.35. The van der Waals surface area contributed by atoms with Crippen LogP contribution >= 0.6 is 11.3 Å². The van der Waals surface area contributed by atoms with Crippen molar-refractivity contribution in [2.24, 2.45) is 34.8 Å². The predicted molar refractivity (Wildman–Crippen MR) is 306 cm³/mol. The second-order valence-electron chi connectivity index (χ2n) is 21.4. The van der Waals surface area contributed by atoms with Crippen LogP contribution in [0.2, 0.25) is 0 Å². The Bertz CT molecular complexity index is 2640. The summed E-state index contributed by atoms with van der Waals surface area (Å²) < 4.78 is 5.89. The molecule has 0 aliphatic carbocycles. The van der Waals surface area contributed by atoms with Crippen LogP contribution < -0.4 is 37.6 Å². The molecule has 3 aromatic rings. The molecule has 0 radical (unpaired) electrons. The number of aliphatic carboxylic acids is 1. The van der Waals surface area contributed by atoms with Crippen LogP contribution in [0, 0.1) is 41.4 Å². The van der Waals surface area contributed by atoms with E-state index in [0.717, 1.165) is 42.7 Å². The van der Waals surface area contributed by atoms with Gasteiger partial charge in [0.1, 0.15) is 22.8 Å². The fourth-order valence-corrected chi connectivity index (χ4v) is 9.95. The Labute approximate surface area is 479 Å². The van der Waals surface area contributed by atoms with Crippen molar-refractivity contribution < 1.29 is 57.8 Å². The van der Waals surface area contributed by atoms with E-state index in [0.29, 0.717) is 35.5 Å². The molecule has 9 N–H and O–H groups in total. The summed E-state index contributed by atoms with van der Waals surface area (Å²) in [5.74, 6) is -5.58. The van der Waals surface area contributed by atoms with Gasteiger partial charge in [0.25, 0.3) is 5.91 Å². The molecule has 0 saturated carbocycles. The van der Waals surface area contributed by atoms with Gasteiger partial charge in [0.15, 0.2) is 6.10 Å². The van der Waals surface area contributed by atoms with Crippen LogP contribution in [0.15, 0.2) is 60.0 Å². The first kappa shape index (κ1) is 66.3. The van der Waals surface area contributed by atoms with Crippen molar-refractivity contribution in [3.05, 3.63) is 76.1 Å². The minimum absolute atomic E-state index is 0.00775. The van der Waals surface area contributed by atoms with Crippen molar-refractivity contribution >= 4 is 76.1 Å². The first-order chi connectivity index (χ1) is 38.5. The molecular weight excluding hydrogens is 1060 g/mol. The number of anilines is 2. The van der Waals surface area contributed by atoms with Crippen LogP contribution in [0.5, 0.6) is 0 Å². The van der Waals surface area contributed by atoms with Gasteiger partial charge < -0.3 is 47.5 Å². The van der Waals surface area contributed by atoms with Gasteiger partial charge in [-0.05, 0) is 101 Å². The molecule has 0 unspecified atom stereocenters. The number of esters is 1. The SMILES string of the molecule is C#CCCCON(C(=O)[C@H](C(=O)N[C@H]1CCCCN1C)[C@@H](C)CC)[C@H](C[C@@H](OC(C)=O)c1nc(NC(=O)[C@@H](Cc2ccc(NC(=O)CNC(=O)[C@H](Cc3ccccc3)NC(=O)CNC(=O)CN)cc2)CC(C)(C)C(=O)O)cs1)C(C)C. The summed E-state index contributed by atoms with van der Waals surface area (Å²) >= 11 is 1.11. The Morgan fingerprint density at radius 3 is 2.20 bits per heavy atom. The number of carboxylic acids is 1. The Morgan fingerprint density at radius 1 is 0.901 bits per heavy atom. The van der Waals surface area contributed by atoms with E-state index in [2.05, 4.69) is 47.7 Å². The number of likely N-dealkylation sites (tertiary alicyclic amines) is 1. The number of carbonyl (C=O) groups excluding carboxylic acids is 8. The van der Waals surface area contributed by atoms with E-state index >= 15 is 0 Å². The summed E-state index contributed by atoms with van der Waals surface area (Å²) in [6, 6.07) is 13.6. The van der Waals surface area contributed by atoms with E-state index < -0.39 is 102 Å². The average Bonchev–Trinajstić information content (AvgIpc) is 3.94. The molecule has 1 aliphatic heterocycles. The Hall–Kier alpha value is -7.26. The summed E-state index contributed by atoms with van der Waals surface area (Å²) in [5, 5.41) is 29.4. The Morgan fingerprint density at radius 2 is 1.58 bits per heavy atom. The number of ether oxygens (including phenoxy) is 1. The number of thiazole rings is 1. The molecule has 2 heterocycles. The van der Waals surface area contributed by atoms with Gasteiger partial charge in [-0.3, -0.25) is 52.9 Å². The van der Waals surface area contributed by atoms with Gasteiger partial charge in [-0.1, -0.05) is 76.6 Å². The monoisotopic (exact) mass is 1140 g/mol. The lowest BCUT2D eigenvalue weighted by atomic mass is 9.80. The number of hydroxylamine groups is 2. The molecule has 1 aliphatic rings. The van der Waals surface area contributed by atoms with Gasteiger partial charge in [-0.2, -0.15) is 0 Å². The molecule has 7 amide bonds. The van der Waals surface area contributed by atoms with E-state index in [1.54, 1.807) is 60.0 Å². The lowest BCUT2D eigenvalue weighted by molar-refractivity contribution is -0.215. The number of aromatic nitrogens is 1. The summed E-state index contributed by atoms with van der Waals surface area (Å²) in [6.07, 6.45) is 8.45. The zero-order valence-corrected chi connectivity index (χ0v) is 48.7. The highest BCUT2D eigenvalue weighted by Gasteiger charge is 2.42. The van der Waals surface area contributed by atoms with Gasteiger partial charge in [0, 0.05) is 43.2 Å². The maximum Gasteiger partial charge on any atom is 0.309 e. The lowest BCUT2D eigenvalue weighted by Gasteiger charge is -2.38. The molecule has 442 valence electrons. The minimum atomic E-state index is -1.34. The number of hydrogen-bond acceptors (Lipinski definition) is 15. The van der Waals surface area contributed by atoms with Crippen molar-refractivity contribution in [2.45, 2.75) is 137 Å². The molecule has 2 aromatic carbocycles. The normalized spacial score (nSPS) is 15.7. The maximum atomic E-state index is 14.9. The van der Waals surface area contributed by atoms with Crippen molar-refractivity contribution in [3.63, 3.8) is 0 Å². The number of piperidine rings is 1. The van der Waals surface area contributed by atoms with Gasteiger partial charge in [-0.25, -0.2) is 10.0 Å². The van der Waals surface area contributed by atoms with Gasteiger partial charge in [0.05, 0.1) is 43.9 Å². The number of benzene rings is 2. The van der Waals surface area contributed by atoms with Crippen molar-refractivity contribution in [3.8, 4) is 12.3 Å². The fourth-order valence-electron chi connectivity index (χ4n) is 9.16. The third-order valence-electron chi connectivity index (χ3n) is 14.1. The lowest BCUT2D eigenvalue weighted by Crippen LogP contribution is -2.55. The van der Waals surface area contributed by atoms with Gasteiger partial charge >= 0.3 is 11.9 Å². The van der Waals surface area contributed by atoms with E-state index in [9.17, 15) is 48.3 Å². The number of amides is 7. The minimum Gasteiger partial charge on any atom is -0.481 e. The number of nitrogens with one attached hydrogen (secondary N) is 6. The van der Waals surface area contributed by atoms with Crippen LogP contribution in [0.1, 0.15) is 122 Å². The topological polar surface area (TPSA) is 310 Å². The number of unbranched alkanes of at least 4 members (excludes halogenated alkanes) is 1. The first-order valence-electron chi connectivity index (χ1n) is 27.5. The fraction of sp³-hybridized carbons (Fsp3) is 0.552. The van der Waals surface area contributed by atoms with Gasteiger partial charge in [-0.15, -0.1) is 23.7 Å². The van der Waals surface area contributed by atoms with Crippen LogP contribution in [-0.4, -0.2) is 131 Å². The number of nitrogens with two attached hydrogens (primary N) is 1.